The standard InChI is InChI=1S/C42H48O5/c1-4-7-12-32-20-25-38-35(29-32)22-26-37-34(21-17-31-13-9-8-10-14-31)15-11-16-39(37)41(38)47-28-27-46-36-23-18-33(19-24-36)30-40(44-5-2)42(43)45-6-3/h8-11,13-16,18-20,22-26,29,40-41H,4-7,12,17,21,27-28,30H2,1-3H3. The summed E-state index contributed by atoms with van der Waals surface area (Å²) in [7, 11) is 0. The zero-order valence-corrected chi connectivity index (χ0v) is 28.1. The maximum absolute atomic E-state index is 12.3. The third-order valence-electron chi connectivity index (χ3n) is 8.62. The van der Waals surface area contributed by atoms with Gasteiger partial charge >= 0.3 is 5.97 Å². The Kier molecular flexibility index (Phi) is 12.8. The van der Waals surface area contributed by atoms with Gasteiger partial charge in [-0.3, -0.25) is 0 Å². The SMILES string of the molecule is CCCCc1ccc2c(c1)C=Cc1c(CCc3ccccc3)cccc1C2OCCOc1ccc(CC(OCC)C(=O)OCC)cc1. The van der Waals surface area contributed by atoms with E-state index in [1.165, 1.54) is 51.8 Å². The summed E-state index contributed by atoms with van der Waals surface area (Å²) in [5.74, 6) is 0.428. The Morgan fingerprint density at radius 3 is 2.30 bits per heavy atom. The molecule has 5 heteroatoms. The van der Waals surface area contributed by atoms with Crippen LogP contribution in [0.2, 0.25) is 0 Å². The van der Waals surface area contributed by atoms with Crippen molar-refractivity contribution in [2.24, 2.45) is 0 Å². The van der Waals surface area contributed by atoms with E-state index < -0.39 is 6.10 Å². The van der Waals surface area contributed by atoms with Gasteiger partial charge in [0.05, 0.1) is 13.2 Å². The quantitative estimate of drug-likeness (QED) is 0.0859. The first kappa shape index (κ1) is 34.2. The molecule has 0 aliphatic heterocycles. The second-order valence-electron chi connectivity index (χ2n) is 11.9. The number of carbonyl (C=O) groups excluding carboxylic acids is 1. The van der Waals surface area contributed by atoms with Gasteiger partial charge in [-0.2, -0.15) is 0 Å². The van der Waals surface area contributed by atoms with Gasteiger partial charge < -0.3 is 18.9 Å². The molecule has 1 aliphatic carbocycles. The predicted octanol–water partition coefficient (Wildman–Crippen LogP) is 8.99. The fraction of sp³-hybridized carbons (Fsp3) is 0.357. The molecule has 0 radical (unpaired) electrons. The van der Waals surface area contributed by atoms with Gasteiger partial charge in [-0.05, 0) is 96.2 Å². The van der Waals surface area contributed by atoms with Crippen LogP contribution in [0.15, 0.2) is 91.0 Å². The van der Waals surface area contributed by atoms with E-state index in [9.17, 15) is 4.79 Å². The average Bonchev–Trinajstić information content (AvgIpc) is 3.26. The topological polar surface area (TPSA) is 54.0 Å². The number of rotatable bonds is 17. The second-order valence-corrected chi connectivity index (χ2v) is 11.9. The Labute approximate surface area is 280 Å². The normalized spacial score (nSPS) is 14.1. The van der Waals surface area contributed by atoms with E-state index in [-0.39, 0.29) is 12.1 Å². The maximum atomic E-state index is 12.3. The molecule has 0 bridgehead atoms. The lowest BCUT2D eigenvalue weighted by Gasteiger charge is -2.23. The molecule has 0 saturated carbocycles. The van der Waals surface area contributed by atoms with Crippen molar-refractivity contribution in [1.29, 1.82) is 0 Å². The molecule has 0 aromatic heterocycles. The molecule has 0 heterocycles. The highest BCUT2D eigenvalue weighted by Gasteiger charge is 2.24. The van der Waals surface area contributed by atoms with Crippen LogP contribution in [0.1, 0.15) is 84.2 Å². The van der Waals surface area contributed by atoms with Crippen molar-refractivity contribution in [3.63, 3.8) is 0 Å². The highest BCUT2D eigenvalue weighted by Crippen LogP contribution is 2.37. The molecular weight excluding hydrogens is 584 g/mol. The van der Waals surface area contributed by atoms with Gasteiger partial charge in [-0.1, -0.05) is 104 Å². The number of ether oxygens (including phenoxy) is 4. The molecule has 0 fully saturated rings. The Morgan fingerprint density at radius 1 is 0.723 bits per heavy atom. The zero-order valence-electron chi connectivity index (χ0n) is 28.1. The number of carbonyl (C=O) groups is 1. The van der Waals surface area contributed by atoms with Crippen molar-refractivity contribution < 1.29 is 23.7 Å². The van der Waals surface area contributed by atoms with Gasteiger partial charge in [0.15, 0.2) is 6.10 Å². The Bertz CT molecular complexity index is 1590. The minimum Gasteiger partial charge on any atom is -0.491 e. The first-order chi connectivity index (χ1) is 23.1. The summed E-state index contributed by atoms with van der Waals surface area (Å²) in [5, 5.41) is 0. The molecule has 4 aromatic carbocycles. The molecule has 0 saturated heterocycles. The van der Waals surface area contributed by atoms with E-state index in [4.69, 9.17) is 18.9 Å². The second kappa shape index (κ2) is 17.7. The molecule has 5 rings (SSSR count). The molecule has 0 N–H and O–H groups in total. The summed E-state index contributed by atoms with van der Waals surface area (Å²) in [5.41, 5.74) is 9.89. The largest absolute Gasteiger partial charge is 0.491 e. The molecule has 246 valence electrons. The Balaban J connectivity index is 1.28. The molecule has 5 nitrogen and oxygen atoms in total. The molecule has 1 aliphatic rings. The van der Waals surface area contributed by atoms with Gasteiger partial charge in [0.25, 0.3) is 0 Å². The van der Waals surface area contributed by atoms with Crippen molar-refractivity contribution >= 4 is 18.1 Å². The molecule has 2 unspecified atom stereocenters. The number of hydrogen-bond acceptors (Lipinski definition) is 5. The van der Waals surface area contributed by atoms with E-state index in [1.807, 2.05) is 31.2 Å². The third-order valence-corrected chi connectivity index (χ3v) is 8.62. The summed E-state index contributed by atoms with van der Waals surface area (Å²) in [6.45, 7) is 7.56. The number of benzene rings is 4. The van der Waals surface area contributed by atoms with Crippen LogP contribution < -0.4 is 4.74 Å². The van der Waals surface area contributed by atoms with Crippen LogP contribution >= 0.6 is 0 Å². The highest BCUT2D eigenvalue weighted by molar-refractivity contribution is 5.78. The van der Waals surface area contributed by atoms with E-state index >= 15 is 0 Å². The van der Waals surface area contributed by atoms with Gasteiger partial charge in [0.2, 0.25) is 0 Å². The van der Waals surface area contributed by atoms with E-state index in [0.29, 0.717) is 32.8 Å². The first-order valence-corrected chi connectivity index (χ1v) is 17.2. The monoisotopic (exact) mass is 632 g/mol. The number of fused-ring (bicyclic) bond motifs is 2. The molecule has 2 atom stereocenters. The molecule has 47 heavy (non-hydrogen) atoms. The minimum absolute atomic E-state index is 0.198. The van der Waals surface area contributed by atoms with Crippen LogP contribution in [0.4, 0.5) is 0 Å². The van der Waals surface area contributed by atoms with Gasteiger partial charge in [-0.15, -0.1) is 0 Å². The summed E-state index contributed by atoms with van der Waals surface area (Å²) in [4.78, 5) is 12.3. The van der Waals surface area contributed by atoms with Gasteiger partial charge in [0, 0.05) is 13.0 Å². The van der Waals surface area contributed by atoms with Gasteiger partial charge in [0.1, 0.15) is 18.5 Å². The van der Waals surface area contributed by atoms with Crippen molar-refractivity contribution in [2.45, 2.75) is 71.5 Å². The first-order valence-electron chi connectivity index (χ1n) is 17.2. The number of esters is 1. The van der Waals surface area contributed by atoms with Crippen LogP contribution in [0.5, 0.6) is 5.75 Å². The van der Waals surface area contributed by atoms with Crippen molar-refractivity contribution in [2.75, 3.05) is 26.4 Å². The summed E-state index contributed by atoms with van der Waals surface area (Å²) in [6, 6.07) is 32.0. The summed E-state index contributed by atoms with van der Waals surface area (Å²) >= 11 is 0. The average molecular weight is 633 g/mol. The lowest BCUT2D eigenvalue weighted by atomic mass is 9.91. The summed E-state index contributed by atoms with van der Waals surface area (Å²) < 4.78 is 23.6. The van der Waals surface area contributed by atoms with E-state index in [0.717, 1.165) is 30.6 Å². The number of hydrogen-bond donors (Lipinski definition) is 0. The van der Waals surface area contributed by atoms with Crippen LogP contribution in [0.25, 0.3) is 12.2 Å². The molecule has 0 spiro atoms. The third kappa shape index (κ3) is 9.43. The smallest absolute Gasteiger partial charge is 0.335 e. The summed E-state index contributed by atoms with van der Waals surface area (Å²) in [6.07, 6.45) is 9.62. The number of unbranched alkanes of at least 4 members (excludes halogenated alkanes) is 1. The van der Waals surface area contributed by atoms with E-state index in [1.54, 1.807) is 6.92 Å². The lowest BCUT2D eigenvalue weighted by molar-refractivity contribution is -0.156. The fourth-order valence-corrected chi connectivity index (χ4v) is 6.18. The van der Waals surface area contributed by atoms with Crippen LogP contribution in [0.3, 0.4) is 0 Å². The maximum Gasteiger partial charge on any atom is 0.335 e. The minimum atomic E-state index is -0.610. The molecular formula is C42H48O5. The Morgan fingerprint density at radius 2 is 1.53 bits per heavy atom. The highest BCUT2D eigenvalue weighted by atomic mass is 16.6. The van der Waals surface area contributed by atoms with E-state index in [2.05, 4.69) is 85.8 Å². The van der Waals surface area contributed by atoms with Crippen LogP contribution in [0, 0.1) is 0 Å². The number of aryl methyl sites for hydroxylation is 3. The van der Waals surface area contributed by atoms with Gasteiger partial charge in [-0.25, -0.2) is 4.79 Å². The van der Waals surface area contributed by atoms with Crippen molar-refractivity contribution in [1.82, 2.24) is 0 Å². The molecule has 4 aromatic rings. The van der Waals surface area contributed by atoms with Crippen LogP contribution in [-0.2, 0) is 44.7 Å². The zero-order chi connectivity index (χ0) is 32.8. The Hall–Kier alpha value is -4.19. The van der Waals surface area contributed by atoms with Crippen molar-refractivity contribution in [3.8, 4) is 5.75 Å². The van der Waals surface area contributed by atoms with Crippen LogP contribution in [-0.4, -0.2) is 38.5 Å². The molecule has 0 amide bonds. The van der Waals surface area contributed by atoms with Crippen molar-refractivity contribution in [3.05, 3.63) is 136 Å². The predicted molar refractivity (Wildman–Crippen MR) is 190 cm³/mol. The fourth-order valence-electron chi connectivity index (χ4n) is 6.18. The lowest BCUT2D eigenvalue weighted by Crippen LogP contribution is -2.28.